The zero-order valence-electron chi connectivity index (χ0n) is 13.2. The van der Waals surface area contributed by atoms with Crippen molar-refractivity contribution in [3.63, 3.8) is 0 Å². The first-order valence-electron chi connectivity index (χ1n) is 7.82. The van der Waals surface area contributed by atoms with E-state index in [1.54, 1.807) is 17.3 Å². The fourth-order valence-corrected chi connectivity index (χ4v) is 2.61. The van der Waals surface area contributed by atoms with E-state index in [4.69, 9.17) is 4.74 Å². The highest BCUT2D eigenvalue weighted by Gasteiger charge is 2.33. The van der Waals surface area contributed by atoms with Crippen LogP contribution < -0.4 is 5.32 Å². The Hall–Kier alpha value is -2.73. The van der Waals surface area contributed by atoms with Crippen LogP contribution in [0.3, 0.4) is 0 Å². The predicted molar refractivity (Wildman–Crippen MR) is 87.7 cm³/mol. The van der Waals surface area contributed by atoms with Crippen LogP contribution in [0.15, 0.2) is 54.9 Å². The van der Waals surface area contributed by atoms with Crippen molar-refractivity contribution in [2.45, 2.75) is 19.1 Å². The van der Waals surface area contributed by atoms with Gasteiger partial charge < -0.3 is 15.0 Å². The first-order chi connectivity index (χ1) is 11.7. The number of rotatable bonds is 5. The fourth-order valence-electron chi connectivity index (χ4n) is 2.61. The van der Waals surface area contributed by atoms with E-state index in [2.05, 4.69) is 10.3 Å². The van der Waals surface area contributed by atoms with E-state index in [0.717, 1.165) is 11.1 Å². The van der Waals surface area contributed by atoms with E-state index in [1.165, 1.54) is 0 Å². The maximum Gasteiger partial charge on any atom is 0.249 e. The third-order valence-electron chi connectivity index (χ3n) is 3.89. The summed E-state index contributed by atoms with van der Waals surface area (Å²) in [4.78, 5) is 30.3. The summed E-state index contributed by atoms with van der Waals surface area (Å²) >= 11 is 0. The van der Waals surface area contributed by atoms with Crippen molar-refractivity contribution in [3.8, 4) is 0 Å². The maximum absolute atomic E-state index is 12.5. The van der Waals surface area contributed by atoms with Gasteiger partial charge in [0.05, 0.1) is 6.61 Å². The standard InChI is InChI=1S/C18H19N3O3/c22-17-13-24-12-16(21(17)11-14-5-2-1-3-6-14)18(23)20-10-15-7-4-8-19-9-15/h1-9,16H,10-13H2,(H,20,23)/t16-/m1/s1. The molecule has 24 heavy (non-hydrogen) atoms. The topological polar surface area (TPSA) is 71.5 Å². The van der Waals surface area contributed by atoms with Crippen LogP contribution in [-0.4, -0.2) is 41.0 Å². The lowest BCUT2D eigenvalue weighted by molar-refractivity contribution is -0.155. The maximum atomic E-state index is 12.5. The van der Waals surface area contributed by atoms with Crippen molar-refractivity contribution >= 4 is 11.8 Å². The van der Waals surface area contributed by atoms with Crippen LogP contribution in [0.5, 0.6) is 0 Å². The van der Waals surface area contributed by atoms with Crippen molar-refractivity contribution in [1.29, 1.82) is 0 Å². The average Bonchev–Trinajstić information content (AvgIpc) is 2.63. The molecule has 2 heterocycles. The molecule has 1 aromatic heterocycles. The molecule has 1 aliphatic rings. The smallest absolute Gasteiger partial charge is 0.249 e. The van der Waals surface area contributed by atoms with Crippen molar-refractivity contribution < 1.29 is 14.3 Å². The van der Waals surface area contributed by atoms with Gasteiger partial charge in [0.1, 0.15) is 12.6 Å². The fraction of sp³-hybridized carbons (Fsp3) is 0.278. The predicted octanol–water partition coefficient (Wildman–Crippen LogP) is 1.13. The number of benzene rings is 1. The van der Waals surface area contributed by atoms with Crippen LogP contribution in [0.25, 0.3) is 0 Å². The van der Waals surface area contributed by atoms with Gasteiger partial charge in [0.25, 0.3) is 0 Å². The van der Waals surface area contributed by atoms with Gasteiger partial charge in [-0.05, 0) is 17.2 Å². The highest BCUT2D eigenvalue weighted by Crippen LogP contribution is 2.14. The molecule has 0 radical (unpaired) electrons. The monoisotopic (exact) mass is 325 g/mol. The summed E-state index contributed by atoms with van der Waals surface area (Å²) in [6, 6.07) is 12.7. The second-order valence-corrected chi connectivity index (χ2v) is 5.62. The van der Waals surface area contributed by atoms with Crippen LogP contribution in [0.4, 0.5) is 0 Å². The van der Waals surface area contributed by atoms with Crippen molar-refractivity contribution in [2.75, 3.05) is 13.2 Å². The molecule has 1 saturated heterocycles. The number of carbonyl (C=O) groups is 2. The summed E-state index contributed by atoms with van der Waals surface area (Å²) in [5.41, 5.74) is 1.89. The third kappa shape index (κ3) is 3.97. The van der Waals surface area contributed by atoms with Crippen molar-refractivity contribution in [1.82, 2.24) is 15.2 Å². The Morgan fingerprint density at radius 1 is 1.21 bits per heavy atom. The summed E-state index contributed by atoms with van der Waals surface area (Å²) in [6.45, 7) is 0.987. The Morgan fingerprint density at radius 2 is 2.00 bits per heavy atom. The van der Waals surface area contributed by atoms with Crippen LogP contribution in [0.1, 0.15) is 11.1 Å². The Labute approximate surface area is 140 Å². The largest absolute Gasteiger partial charge is 0.369 e. The minimum absolute atomic E-state index is 0.0131. The van der Waals surface area contributed by atoms with Gasteiger partial charge in [-0.3, -0.25) is 14.6 Å². The third-order valence-corrected chi connectivity index (χ3v) is 3.89. The van der Waals surface area contributed by atoms with Crippen molar-refractivity contribution in [2.24, 2.45) is 0 Å². The minimum Gasteiger partial charge on any atom is -0.369 e. The van der Waals surface area contributed by atoms with Gasteiger partial charge in [0, 0.05) is 25.5 Å². The van der Waals surface area contributed by atoms with Crippen LogP contribution >= 0.6 is 0 Å². The summed E-state index contributed by atoms with van der Waals surface area (Å²) in [5.74, 6) is -0.394. The van der Waals surface area contributed by atoms with E-state index in [-0.39, 0.29) is 25.0 Å². The SMILES string of the molecule is O=C(NCc1cccnc1)[C@H]1COCC(=O)N1Cc1ccccc1. The van der Waals surface area contributed by atoms with E-state index in [1.807, 2.05) is 42.5 Å². The molecule has 2 aromatic rings. The lowest BCUT2D eigenvalue weighted by Crippen LogP contribution is -2.55. The number of amides is 2. The number of hydrogen-bond acceptors (Lipinski definition) is 4. The zero-order valence-corrected chi connectivity index (χ0v) is 13.2. The lowest BCUT2D eigenvalue weighted by Gasteiger charge is -2.34. The summed E-state index contributed by atoms with van der Waals surface area (Å²) < 4.78 is 5.27. The molecule has 1 N–H and O–H groups in total. The number of carbonyl (C=O) groups excluding carboxylic acids is 2. The van der Waals surface area contributed by atoms with Gasteiger partial charge in [0.15, 0.2) is 0 Å². The van der Waals surface area contributed by atoms with E-state index >= 15 is 0 Å². The number of morpholine rings is 1. The number of ether oxygens (including phenoxy) is 1. The first-order valence-corrected chi connectivity index (χ1v) is 7.82. The normalized spacial score (nSPS) is 17.6. The molecule has 1 atom stereocenters. The molecular weight excluding hydrogens is 306 g/mol. The Balaban J connectivity index is 1.66. The van der Waals surface area contributed by atoms with Gasteiger partial charge in [0.2, 0.25) is 11.8 Å². The van der Waals surface area contributed by atoms with Crippen molar-refractivity contribution in [3.05, 3.63) is 66.0 Å². The molecule has 2 amide bonds. The molecule has 0 unspecified atom stereocenters. The van der Waals surface area contributed by atoms with E-state index in [9.17, 15) is 9.59 Å². The molecule has 3 rings (SSSR count). The molecule has 0 saturated carbocycles. The minimum atomic E-state index is -0.622. The van der Waals surface area contributed by atoms with Crippen LogP contribution in [-0.2, 0) is 27.4 Å². The van der Waals surface area contributed by atoms with Crippen LogP contribution in [0.2, 0.25) is 0 Å². The van der Waals surface area contributed by atoms with Gasteiger partial charge in [-0.2, -0.15) is 0 Å². The molecule has 0 aliphatic carbocycles. The highest BCUT2D eigenvalue weighted by atomic mass is 16.5. The molecule has 1 fully saturated rings. The molecule has 1 aliphatic heterocycles. The quantitative estimate of drug-likeness (QED) is 0.894. The van der Waals surface area contributed by atoms with E-state index in [0.29, 0.717) is 13.1 Å². The van der Waals surface area contributed by atoms with Gasteiger partial charge in [-0.1, -0.05) is 36.4 Å². The highest BCUT2D eigenvalue weighted by molar-refractivity contribution is 5.89. The molecule has 0 bridgehead atoms. The van der Waals surface area contributed by atoms with Gasteiger partial charge >= 0.3 is 0 Å². The number of aromatic nitrogens is 1. The summed E-state index contributed by atoms with van der Waals surface area (Å²) in [5, 5.41) is 2.85. The van der Waals surface area contributed by atoms with Crippen LogP contribution in [0, 0.1) is 0 Å². The van der Waals surface area contributed by atoms with E-state index < -0.39 is 6.04 Å². The molecule has 1 aromatic carbocycles. The van der Waals surface area contributed by atoms with Gasteiger partial charge in [-0.25, -0.2) is 0 Å². The molecular formula is C18H19N3O3. The number of hydrogen-bond donors (Lipinski definition) is 1. The molecule has 0 spiro atoms. The molecule has 6 nitrogen and oxygen atoms in total. The Bertz CT molecular complexity index is 691. The summed E-state index contributed by atoms with van der Waals surface area (Å²) in [7, 11) is 0. The average molecular weight is 325 g/mol. The lowest BCUT2D eigenvalue weighted by atomic mass is 10.1. The van der Waals surface area contributed by atoms with Gasteiger partial charge in [-0.15, -0.1) is 0 Å². The number of nitrogens with one attached hydrogen (secondary N) is 1. The second kappa shape index (κ2) is 7.70. The molecule has 6 heteroatoms. The Kier molecular flexibility index (Phi) is 5.18. The molecule has 124 valence electrons. The first kappa shape index (κ1) is 16.1. The Morgan fingerprint density at radius 3 is 2.75 bits per heavy atom. The number of pyridine rings is 1. The zero-order chi connectivity index (χ0) is 16.8. The second-order valence-electron chi connectivity index (χ2n) is 5.62. The summed E-state index contributed by atoms with van der Waals surface area (Å²) in [6.07, 6.45) is 3.38. The number of nitrogens with zero attached hydrogens (tertiary/aromatic N) is 2.